The summed E-state index contributed by atoms with van der Waals surface area (Å²) in [6.07, 6.45) is 2.29. The Morgan fingerprint density at radius 1 is 1.14 bits per heavy atom. The van der Waals surface area contributed by atoms with Crippen LogP contribution in [0.2, 0.25) is 0 Å². The highest BCUT2D eigenvalue weighted by Gasteiger charge is 2.12. The highest BCUT2D eigenvalue weighted by Crippen LogP contribution is 2.07. The van der Waals surface area contributed by atoms with E-state index in [0.717, 1.165) is 32.6 Å². The van der Waals surface area contributed by atoms with E-state index in [1.165, 1.54) is 5.56 Å². The number of hydrogen-bond acceptors (Lipinski definition) is 2. The van der Waals surface area contributed by atoms with Crippen LogP contribution >= 0.6 is 0 Å². The van der Waals surface area contributed by atoms with Crippen molar-refractivity contribution in [3.8, 4) is 0 Å². The minimum atomic E-state index is 0.643. The third-order valence-electron chi connectivity index (χ3n) is 2.66. The molecular formula is C12H17NO. The van der Waals surface area contributed by atoms with Gasteiger partial charge in [-0.2, -0.15) is 0 Å². The Balaban J connectivity index is 1.76. The maximum atomic E-state index is 5.31. The first kappa shape index (κ1) is 9.69. The van der Waals surface area contributed by atoms with E-state index in [2.05, 4.69) is 35.6 Å². The molecule has 0 saturated carbocycles. The molecule has 0 aliphatic carbocycles. The largest absolute Gasteiger partial charge is 0.381 e. The number of hydrogen-bond donors (Lipinski definition) is 1. The molecule has 2 rings (SSSR count). The van der Waals surface area contributed by atoms with Crippen molar-refractivity contribution in [3.63, 3.8) is 0 Å². The Morgan fingerprint density at radius 3 is 2.57 bits per heavy atom. The van der Waals surface area contributed by atoms with Gasteiger partial charge in [-0.25, -0.2) is 0 Å². The topological polar surface area (TPSA) is 21.3 Å². The average Bonchev–Trinajstić information content (AvgIpc) is 2.29. The molecule has 0 unspecified atom stereocenters. The Labute approximate surface area is 85.3 Å². The van der Waals surface area contributed by atoms with Gasteiger partial charge >= 0.3 is 0 Å². The number of ether oxygens (including phenoxy) is 1. The van der Waals surface area contributed by atoms with Crippen LogP contribution in [0.25, 0.3) is 0 Å². The minimum absolute atomic E-state index is 0.643. The van der Waals surface area contributed by atoms with Gasteiger partial charge in [-0.05, 0) is 18.4 Å². The summed E-state index contributed by atoms with van der Waals surface area (Å²) in [5.74, 6) is 0. The van der Waals surface area contributed by atoms with Crippen LogP contribution in [0.3, 0.4) is 0 Å². The molecular weight excluding hydrogens is 174 g/mol. The van der Waals surface area contributed by atoms with Crippen molar-refractivity contribution in [2.24, 2.45) is 0 Å². The van der Waals surface area contributed by atoms with E-state index in [1.54, 1.807) is 0 Å². The molecule has 0 amide bonds. The van der Waals surface area contributed by atoms with Crippen molar-refractivity contribution in [2.45, 2.75) is 25.4 Å². The highest BCUT2D eigenvalue weighted by molar-refractivity contribution is 5.14. The lowest BCUT2D eigenvalue weighted by molar-refractivity contribution is 0.0776. The molecule has 0 spiro atoms. The zero-order valence-electron chi connectivity index (χ0n) is 8.41. The number of rotatable bonds is 3. The van der Waals surface area contributed by atoms with E-state index >= 15 is 0 Å². The summed E-state index contributed by atoms with van der Waals surface area (Å²) < 4.78 is 5.31. The van der Waals surface area contributed by atoms with Crippen LogP contribution in [0.5, 0.6) is 0 Å². The third-order valence-corrected chi connectivity index (χ3v) is 2.66. The molecule has 2 nitrogen and oxygen atoms in total. The van der Waals surface area contributed by atoms with E-state index in [4.69, 9.17) is 4.74 Å². The normalized spacial score (nSPS) is 18.3. The summed E-state index contributed by atoms with van der Waals surface area (Å²) in [5, 5.41) is 3.56. The summed E-state index contributed by atoms with van der Waals surface area (Å²) in [6, 6.07) is 11.2. The molecule has 1 N–H and O–H groups in total. The van der Waals surface area contributed by atoms with Gasteiger partial charge in [0.2, 0.25) is 0 Å². The van der Waals surface area contributed by atoms with Crippen molar-refractivity contribution < 1.29 is 4.74 Å². The molecule has 0 aromatic heterocycles. The van der Waals surface area contributed by atoms with Crippen LogP contribution < -0.4 is 5.32 Å². The van der Waals surface area contributed by atoms with Crippen molar-refractivity contribution >= 4 is 0 Å². The van der Waals surface area contributed by atoms with Gasteiger partial charge in [-0.1, -0.05) is 30.3 Å². The predicted octanol–water partition coefficient (Wildman–Crippen LogP) is 1.96. The van der Waals surface area contributed by atoms with E-state index in [-0.39, 0.29) is 0 Å². The fourth-order valence-electron chi connectivity index (χ4n) is 1.76. The molecule has 1 aromatic rings. The van der Waals surface area contributed by atoms with Gasteiger partial charge in [0.1, 0.15) is 0 Å². The van der Waals surface area contributed by atoms with E-state index in [9.17, 15) is 0 Å². The Hall–Kier alpha value is -0.860. The molecule has 1 fully saturated rings. The highest BCUT2D eigenvalue weighted by atomic mass is 16.5. The minimum Gasteiger partial charge on any atom is -0.381 e. The summed E-state index contributed by atoms with van der Waals surface area (Å²) in [6.45, 7) is 2.80. The molecule has 1 saturated heterocycles. The van der Waals surface area contributed by atoms with E-state index in [0.29, 0.717) is 6.04 Å². The second kappa shape index (κ2) is 5.13. The first-order valence-corrected chi connectivity index (χ1v) is 5.30. The second-order valence-corrected chi connectivity index (χ2v) is 3.75. The molecule has 0 bridgehead atoms. The molecule has 1 aromatic carbocycles. The maximum Gasteiger partial charge on any atom is 0.0480 e. The van der Waals surface area contributed by atoms with Crippen LogP contribution in [-0.4, -0.2) is 19.3 Å². The lowest BCUT2D eigenvalue weighted by Gasteiger charge is -2.23. The summed E-state index contributed by atoms with van der Waals surface area (Å²) in [7, 11) is 0. The molecule has 0 atom stereocenters. The standard InChI is InChI=1S/C12H17NO/c1-2-4-11(5-3-1)10-13-12-6-8-14-9-7-12/h1-5,12-13H,6-10H2. The maximum absolute atomic E-state index is 5.31. The first-order valence-electron chi connectivity index (χ1n) is 5.30. The van der Waals surface area contributed by atoms with Crippen molar-refractivity contribution in [1.82, 2.24) is 5.32 Å². The van der Waals surface area contributed by atoms with Gasteiger partial charge in [0.15, 0.2) is 0 Å². The van der Waals surface area contributed by atoms with Crippen molar-refractivity contribution in [2.75, 3.05) is 13.2 Å². The lowest BCUT2D eigenvalue weighted by atomic mass is 10.1. The van der Waals surface area contributed by atoms with Gasteiger partial charge in [0.05, 0.1) is 0 Å². The number of benzene rings is 1. The summed E-state index contributed by atoms with van der Waals surface area (Å²) in [4.78, 5) is 0. The Kier molecular flexibility index (Phi) is 3.55. The van der Waals surface area contributed by atoms with Crippen molar-refractivity contribution in [1.29, 1.82) is 0 Å². The first-order chi connectivity index (χ1) is 6.95. The summed E-state index contributed by atoms with van der Waals surface area (Å²) in [5.41, 5.74) is 1.36. The smallest absolute Gasteiger partial charge is 0.0480 e. The molecule has 1 heterocycles. The quantitative estimate of drug-likeness (QED) is 0.788. The fraction of sp³-hybridized carbons (Fsp3) is 0.500. The van der Waals surface area contributed by atoms with Gasteiger partial charge in [-0.3, -0.25) is 0 Å². The average molecular weight is 191 g/mol. The molecule has 1 aliphatic heterocycles. The third kappa shape index (κ3) is 2.82. The van der Waals surface area contributed by atoms with Crippen LogP contribution in [0.15, 0.2) is 30.3 Å². The zero-order chi connectivity index (χ0) is 9.64. The van der Waals surface area contributed by atoms with E-state index in [1.807, 2.05) is 0 Å². The van der Waals surface area contributed by atoms with Gasteiger partial charge in [-0.15, -0.1) is 0 Å². The number of nitrogens with one attached hydrogen (secondary N) is 1. The zero-order valence-corrected chi connectivity index (χ0v) is 8.41. The van der Waals surface area contributed by atoms with Crippen LogP contribution in [0, 0.1) is 0 Å². The molecule has 76 valence electrons. The van der Waals surface area contributed by atoms with Gasteiger partial charge in [0.25, 0.3) is 0 Å². The molecule has 14 heavy (non-hydrogen) atoms. The Bertz CT molecular complexity index is 254. The molecule has 1 aliphatic rings. The predicted molar refractivity (Wildman–Crippen MR) is 57.1 cm³/mol. The SMILES string of the molecule is c1ccc(CNC2CCOCC2)cc1. The van der Waals surface area contributed by atoms with Crippen molar-refractivity contribution in [3.05, 3.63) is 35.9 Å². The lowest BCUT2D eigenvalue weighted by Crippen LogP contribution is -2.34. The molecule has 0 radical (unpaired) electrons. The van der Waals surface area contributed by atoms with Gasteiger partial charge in [0, 0.05) is 25.8 Å². The monoisotopic (exact) mass is 191 g/mol. The van der Waals surface area contributed by atoms with Crippen LogP contribution in [-0.2, 0) is 11.3 Å². The Morgan fingerprint density at radius 2 is 1.86 bits per heavy atom. The fourth-order valence-corrected chi connectivity index (χ4v) is 1.76. The molecule has 2 heteroatoms. The second-order valence-electron chi connectivity index (χ2n) is 3.75. The van der Waals surface area contributed by atoms with Gasteiger partial charge < -0.3 is 10.1 Å². The van der Waals surface area contributed by atoms with E-state index < -0.39 is 0 Å². The summed E-state index contributed by atoms with van der Waals surface area (Å²) >= 11 is 0. The van der Waals surface area contributed by atoms with Crippen LogP contribution in [0.1, 0.15) is 18.4 Å². The van der Waals surface area contributed by atoms with Crippen LogP contribution in [0.4, 0.5) is 0 Å².